The average molecular weight is 612 g/mol. The molecule has 4 atom stereocenters. The highest BCUT2D eigenvalue weighted by Crippen LogP contribution is 2.45. The quantitative estimate of drug-likeness (QED) is 0.228. The lowest BCUT2D eigenvalue weighted by atomic mass is 9.91. The third-order valence-corrected chi connectivity index (χ3v) is 9.78. The van der Waals surface area contributed by atoms with Gasteiger partial charge < -0.3 is 19.7 Å². The predicted molar refractivity (Wildman–Crippen MR) is 184 cm³/mol. The van der Waals surface area contributed by atoms with Gasteiger partial charge >= 0.3 is 0 Å². The van der Waals surface area contributed by atoms with Crippen molar-refractivity contribution in [3.8, 4) is 5.69 Å². The van der Waals surface area contributed by atoms with Crippen LogP contribution in [0.2, 0.25) is 5.02 Å². The standard InChI is InChI=1S/C36H42ClN5S/c1-21-15-24(4)34(25(5)16-21)41-26(6)17-29(27(41)7)35-33(31-10-8-9-13-38-31)39-36(43)42(35)28-11-12-32(30(37)18-28)40-19-22(2)14-23(3)20-40/h8-13,15-18,22-23,33,35H,14,19-20H2,1-7H3,(H,39,43)/t22-,23-,33-,35+/m0/s1. The highest BCUT2D eigenvalue weighted by atomic mass is 35.5. The number of anilines is 2. The summed E-state index contributed by atoms with van der Waals surface area (Å²) in [4.78, 5) is 9.46. The molecule has 2 fully saturated rings. The van der Waals surface area contributed by atoms with Gasteiger partial charge in [-0.05, 0) is 118 Å². The van der Waals surface area contributed by atoms with Gasteiger partial charge in [0.2, 0.25) is 0 Å². The van der Waals surface area contributed by atoms with Crippen LogP contribution in [0.5, 0.6) is 0 Å². The van der Waals surface area contributed by atoms with E-state index in [4.69, 9.17) is 28.8 Å². The Kier molecular flexibility index (Phi) is 8.03. The molecule has 0 amide bonds. The summed E-state index contributed by atoms with van der Waals surface area (Å²) in [5.74, 6) is 1.30. The molecule has 2 aliphatic heterocycles. The van der Waals surface area contributed by atoms with Gasteiger partial charge in [0.15, 0.2) is 5.11 Å². The van der Waals surface area contributed by atoms with Crippen LogP contribution in [-0.4, -0.2) is 27.8 Å². The molecule has 2 aliphatic rings. The maximum Gasteiger partial charge on any atom is 0.174 e. The number of piperidine rings is 1. The smallest absolute Gasteiger partial charge is 0.174 e. The molecule has 0 bridgehead atoms. The van der Waals surface area contributed by atoms with Crippen LogP contribution in [0.15, 0.2) is 60.8 Å². The van der Waals surface area contributed by atoms with Crippen molar-refractivity contribution in [1.29, 1.82) is 0 Å². The minimum absolute atomic E-state index is 0.106. The van der Waals surface area contributed by atoms with E-state index in [1.165, 1.54) is 45.7 Å². The second-order valence-electron chi connectivity index (χ2n) is 12.9. The molecule has 6 rings (SSSR count). The Morgan fingerprint density at radius 3 is 2.23 bits per heavy atom. The first-order valence-corrected chi connectivity index (χ1v) is 16.1. The van der Waals surface area contributed by atoms with E-state index in [0.717, 1.165) is 35.2 Å². The number of hydrogen-bond donors (Lipinski definition) is 1. The fraction of sp³-hybridized carbons (Fsp3) is 0.389. The lowest BCUT2D eigenvalue weighted by molar-refractivity contribution is 0.357. The molecule has 4 heterocycles. The van der Waals surface area contributed by atoms with Gasteiger partial charge in [-0.15, -0.1) is 0 Å². The van der Waals surface area contributed by atoms with Crippen molar-refractivity contribution in [1.82, 2.24) is 14.9 Å². The SMILES string of the molecule is Cc1cc(C)c(-n2c(C)cc([C@@H]3[C@H](c4ccccn4)NC(=S)N3c3ccc(N4C[C@@H](C)C[C@H](C)C4)c(Cl)c3)c2C)c(C)c1. The van der Waals surface area contributed by atoms with Crippen LogP contribution >= 0.6 is 23.8 Å². The fourth-order valence-electron chi connectivity index (χ4n) is 7.67. The van der Waals surface area contributed by atoms with Crippen molar-refractivity contribution >= 4 is 40.3 Å². The molecule has 43 heavy (non-hydrogen) atoms. The van der Waals surface area contributed by atoms with Gasteiger partial charge in [0.1, 0.15) is 0 Å². The fourth-order valence-corrected chi connectivity index (χ4v) is 8.31. The summed E-state index contributed by atoms with van der Waals surface area (Å²) in [6, 6.07) is 19.2. The number of rotatable bonds is 5. The van der Waals surface area contributed by atoms with Crippen molar-refractivity contribution in [3.05, 3.63) is 105 Å². The normalized spacial score (nSPS) is 22.3. The maximum absolute atomic E-state index is 7.07. The first kappa shape index (κ1) is 29.7. The molecule has 0 spiro atoms. The Hall–Kier alpha value is -3.35. The Labute approximate surface area is 266 Å². The first-order chi connectivity index (χ1) is 20.5. The van der Waals surface area contributed by atoms with Crippen LogP contribution in [0.1, 0.15) is 71.7 Å². The molecule has 0 unspecified atom stereocenters. The molecule has 0 saturated carbocycles. The molecule has 2 saturated heterocycles. The van der Waals surface area contributed by atoms with Crippen LogP contribution < -0.4 is 15.1 Å². The summed E-state index contributed by atoms with van der Waals surface area (Å²) in [6.45, 7) is 17.7. The van der Waals surface area contributed by atoms with Gasteiger partial charge in [-0.1, -0.05) is 49.2 Å². The zero-order valence-electron chi connectivity index (χ0n) is 26.3. The number of halogens is 1. The number of thiocarbonyl (C=S) groups is 1. The van der Waals surface area contributed by atoms with E-state index in [2.05, 4.69) is 111 Å². The van der Waals surface area contributed by atoms with E-state index in [1.807, 2.05) is 18.3 Å². The summed E-state index contributed by atoms with van der Waals surface area (Å²) in [5.41, 5.74) is 11.7. The summed E-state index contributed by atoms with van der Waals surface area (Å²) in [7, 11) is 0. The summed E-state index contributed by atoms with van der Waals surface area (Å²) < 4.78 is 2.41. The Morgan fingerprint density at radius 2 is 1.60 bits per heavy atom. The Morgan fingerprint density at radius 1 is 0.907 bits per heavy atom. The van der Waals surface area contributed by atoms with Crippen molar-refractivity contribution in [2.75, 3.05) is 22.9 Å². The first-order valence-electron chi connectivity index (χ1n) is 15.4. The van der Waals surface area contributed by atoms with E-state index in [0.29, 0.717) is 16.9 Å². The number of nitrogens with one attached hydrogen (secondary N) is 1. The highest BCUT2D eigenvalue weighted by molar-refractivity contribution is 7.80. The van der Waals surface area contributed by atoms with Crippen molar-refractivity contribution in [2.45, 2.75) is 67.0 Å². The van der Waals surface area contributed by atoms with Gasteiger partial charge in [0.25, 0.3) is 0 Å². The predicted octanol–water partition coefficient (Wildman–Crippen LogP) is 8.73. The minimum atomic E-state index is -0.120. The number of pyridine rings is 1. The summed E-state index contributed by atoms with van der Waals surface area (Å²) >= 11 is 13.1. The highest BCUT2D eigenvalue weighted by Gasteiger charge is 2.42. The minimum Gasteiger partial charge on any atom is -0.370 e. The Bertz CT molecular complexity index is 1650. The number of nitrogens with zero attached hydrogens (tertiary/aromatic N) is 4. The zero-order chi connectivity index (χ0) is 30.6. The molecular weight excluding hydrogens is 570 g/mol. The van der Waals surface area contributed by atoms with Crippen molar-refractivity contribution < 1.29 is 0 Å². The van der Waals surface area contributed by atoms with E-state index >= 15 is 0 Å². The third-order valence-electron chi connectivity index (χ3n) is 9.17. The topological polar surface area (TPSA) is 36.3 Å². The molecule has 7 heteroatoms. The summed E-state index contributed by atoms with van der Waals surface area (Å²) in [6.07, 6.45) is 3.12. The van der Waals surface area contributed by atoms with Gasteiger partial charge in [0.05, 0.1) is 34.2 Å². The van der Waals surface area contributed by atoms with Gasteiger partial charge in [0, 0.05) is 36.4 Å². The molecule has 2 aromatic carbocycles. The lowest BCUT2D eigenvalue weighted by Gasteiger charge is -2.37. The molecule has 224 valence electrons. The van der Waals surface area contributed by atoms with E-state index < -0.39 is 0 Å². The van der Waals surface area contributed by atoms with Crippen LogP contribution in [0.3, 0.4) is 0 Å². The number of aryl methyl sites for hydroxylation is 4. The molecule has 1 N–H and O–H groups in total. The van der Waals surface area contributed by atoms with Crippen molar-refractivity contribution in [2.24, 2.45) is 11.8 Å². The molecule has 4 aromatic rings. The average Bonchev–Trinajstić information content (AvgIpc) is 3.43. The zero-order valence-corrected chi connectivity index (χ0v) is 27.9. The summed E-state index contributed by atoms with van der Waals surface area (Å²) in [5, 5.41) is 5.07. The molecule has 2 aromatic heterocycles. The number of benzene rings is 2. The second kappa shape index (κ2) is 11.6. The Balaban J connectivity index is 1.46. The molecule has 0 aliphatic carbocycles. The van der Waals surface area contributed by atoms with Gasteiger partial charge in [-0.25, -0.2) is 0 Å². The van der Waals surface area contributed by atoms with Crippen LogP contribution in [0, 0.1) is 46.5 Å². The monoisotopic (exact) mass is 611 g/mol. The van der Waals surface area contributed by atoms with Gasteiger partial charge in [-0.3, -0.25) is 4.98 Å². The van der Waals surface area contributed by atoms with E-state index in [-0.39, 0.29) is 12.1 Å². The number of hydrogen-bond acceptors (Lipinski definition) is 3. The largest absolute Gasteiger partial charge is 0.370 e. The van der Waals surface area contributed by atoms with Crippen LogP contribution in [0.25, 0.3) is 5.69 Å². The van der Waals surface area contributed by atoms with Crippen LogP contribution in [-0.2, 0) is 0 Å². The molecule has 5 nitrogen and oxygen atoms in total. The molecular formula is C36H42ClN5S. The maximum atomic E-state index is 7.07. The lowest BCUT2D eigenvalue weighted by Crippen LogP contribution is -2.38. The number of aromatic nitrogens is 2. The van der Waals surface area contributed by atoms with Gasteiger partial charge in [-0.2, -0.15) is 0 Å². The second-order valence-corrected chi connectivity index (χ2v) is 13.7. The third kappa shape index (κ3) is 5.44. The van der Waals surface area contributed by atoms with E-state index in [1.54, 1.807) is 0 Å². The van der Waals surface area contributed by atoms with Crippen LogP contribution in [0.4, 0.5) is 11.4 Å². The van der Waals surface area contributed by atoms with E-state index in [9.17, 15) is 0 Å². The van der Waals surface area contributed by atoms with Crippen molar-refractivity contribution in [3.63, 3.8) is 0 Å². The molecule has 0 radical (unpaired) electrons.